The molecular weight excluding hydrogens is 287 g/mol. The van der Waals surface area contributed by atoms with E-state index in [4.69, 9.17) is 23.2 Å². The molecule has 0 bridgehead atoms. The van der Waals surface area contributed by atoms with E-state index in [1.165, 1.54) is 0 Å². The van der Waals surface area contributed by atoms with E-state index in [-0.39, 0.29) is 12.1 Å². The lowest BCUT2D eigenvalue weighted by Gasteiger charge is -2.20. The van der Waals surface area contributed by atoms with E-state index in [9.17, 15) is 0 Å². The van der Waals surface area contributed by atoms with Gasteiger partial charge in [-0.05, 0) is 37.6 Å². The summed E-state index contributed by atoms with van der Waals surface area (Å²) < 4.78 is 0. The molecule has 0 saturated carbocycles. The first kappa shape index (κ1) is 13.8. The molecule has 1 N–H and O–H groups in total. The van der Waals surface area contributed by atoms with Gasteiger partial charge in [0.05, 0.1) is 6.04 Å². The fourth-order valence-corrected chi connectivity index (χ4v) is 2.95. The van der Waals surface area contributed by atoms with Gasteiger partial charge in [0.2, 0.25) is 0 Å². The summed E-state index contributed by atoms with van der Waals surface area (Å²) in [5.41, 5.74) is 1.01. The van der Waals surface area contributed by atoms with E-state index < -0.39 is 0 Å². The Bertz CT molecular complexity index is 514. The Balaban J connectivity index is 2.12. The van der Waals surface area contributed by atoms with E-state index in [2.05, 4.69) is 24.1 Å². The Labute approximate surface area is 121 Å². The number of thiazole rings is 1. The molecule has 0 radical (unpaired) electrons. The number of benzene rings is 1. The van der Waals surface area contributed by atoms with E-state index in [1.807, 2.05) is 23.7 Å². The van der Waals surface area contributed by atoms with E-state index in [0.29, 0.717) is 5.02 Å². The SMILES string of the molecule is CC(NC(C)c1cc(Cl)ccc1Cl)c1nccs1. The third-order valence-electron chi connectivity index (χ3n) is 2.75. The Morgan fingerprint density at radius 2 is 2.00 bits per heavy atom. The standard InChI is InChI=1S/C13H14Cl2N2S/c1-8(11-7-10(14)3-4-12(11)15)17-9(2)13-16-5-6-18-13/h3-9,17H,1-2H3. The molecule has 1 aromatic carbocycles. The van der Waals surface area contributed by atoms with Crippen LogP contribution in [0.15, 0.2) is 29.8 Å². The van der Waals surface area contributed by atoms with Crippen molar-refractivity contribution in [1.82, 2.24) is 10.3 Å². The average Bonchev–Trinajstić information content (AvgIpc) is 2.85. The molecule has 0 spiro atoms. The Morgan fingerprint density at radius 3 is 2.67 bits per heavy atom. The highest BCUT2D eigenvalue weighted by Crippen LogP contribution is 2.28. The van der Waals surface area contributed by atoms with Crippen LogP contribution in [0.4, 0.5) is 0 Å². The van der Waals surface area contributed by atoms with Crippen LogP contribution in [0.3, 0.4) is 0 Å². The zero-order valence-electron chi connectivity index (χ0n) is 10.2. The van der Waals surface area contributed by atoms with E-state index in [1.54, 1.807) is 17.4 Å². The second-order valence-corrected chi connectivity index (χ2v) is 5.92. The van der Waals surface area contributed by atoms with Gasteiger partial charge >= 0.3 is 0 Å². The minimum Gasteiger partial charge on any atom is -0.301 e. The first-order valence-corrected chi connectivity index (χ1v) is 7.32. The Kier molecular flexibility index (Phi) is 4.62. The van der Waals surface area contributed by atoms with Crippen LogP contribution in [0.25, 0.3) is 0 Å². The van der Waals surface area contributed by atoms with Crippen LogP contribution < -0.4 is 5.32 Å². The van der Waals surface area contributed by atoms with Gasteiger partial charge in [0.15, 0.2) is 0 Å². The van der Waals surface area contributed by atoms with Crippen LogP contribution in [0.2, 0.25) is 10.0 Å². The van der Waals surface area contributed by atoms with Crippen molar-refractivity contribution >= 4 is 34.5 Å². The predicted octanol–water partition coefficient (Wildman–Crippen LogP) is 4.86. The summed E-state index contributed by atoms with van der Waals surface area (Å²) in [6.07, 6.45) is 1.81. The molecule has 0 fully saturated rings. The molecule has 2 nitrogen and oxygen atoms in total. The van der Waals surface area contributed by atoms with Crippen molar-refractivity contribution < 1.29 is 0 Å². The summed E-state index contributed by atoms with van der Waals surface area (Å²) in [7, 11) is 0. The second-order valence-electron chi connectivity index (χ2n) is 4.15. The van der Waals surface area contributed by atoms with Gasteiger partial charge in [0.1, 0.15) is 5.01 Å². The third kappa shape index (κ3) is 3.23. The molecule has 96 valence electrons. The van der Waals surface area contributed by atoms with Crippen LogP contribution in [0, 0.1) is 0 Å². The van der Waals surface area contributed by atoms with Gasteiger partial charge in [-0.25, -0.2) is 4.98 Å². The van der Waals surface area contributed by atoms with Gasteiger partial charge in [-0.2, -0.15) is 0 Å². The first-order valence-electron chi connectivity index (χ1n) is 5.68. The topological polar surface area (TPSA) is 24.9 Å². The van der Waals surface area contributed by atoms with Gasteiger partial charge in [-0.1, -0.05) is 23.2 Å². The molecule has 0 aliphatic heterocycles. The third-order valence-corrected chi connectivity index (χ3v) is 4.28. The highest BCUT2D eigenvalue weighted by Gasteiger charge is 2.15. The molecule has 2 aromatic rings. The van der Waals surface area contributed by atoms with Gasteiger partial charge in [0, 0.05) is 27.7 Å². The van der Waals surface area contributed by atoms with Crippen LogP contribution in [-0.2, 0) is 0 Å². The molecule has 0 saturated heterocycles. The normalized spacial score (nSPS) is 14.4. The number of nitrogens with one attached hydrogen (secondary N) is 1. The highest BCUT2D eigenvalue weighted by atomic mass is 35.5. The lowest BCUT2D eigenvalue weighted by Crippen LogP contribution is -2.22. The fraction of sp³-hybridized carbons (Fsp3) is 0.308. The maximum Gasteiger partial charge on any atom is 0.109 e. The molecule has 1 aromatic heterocycles. The van der Waals surface area contributed by atoms with Crippen LogP contribution in [0.5, 0.6) is 0 Å². The van der Waals surface area contributed by atoms with Gasteiger partial charge in [-0.15, -0.1) is 11.3 Å². The molecule has 2 unspecified atom stereocenters. The summed E-state index contributed by atoms with van der Waals surface area (Å²) in [5.74, 6) is 0. The number of hydrogen-bond acceptors (Lipinski definition) is 3. The number of rotatable bonds is 4. The quantitative estimate of drug-likeness (QED) is 0.872. The molecule has 0 amide bonds. The largest absolute Gasteiger partial charge is 0.301 e. The van der Waals surface area contributed by atoms with Crippen molar-refractivity contribution in [2.75, 3.05) is 0 Å². The second kappa shape index (κ2) is 6.02. The van der Waals surface area contributed by atoms with Crippen molar-refractivity contribution in [2.24, 2.45) is 0 Å². The van der Waals surface area contributed by atoms with Crippen molar-refractivity contribution in [3.8, 4) is 0 Å². The average molecular weight is 301 g/mol. The fourth-order valence-electron chi connectivity index (χ4n) is 1.83. The van der Waals surface area contributed by atoms with E-state index in [0.717, 1.165) is 15.6 Å². The summed E-state index contributed by atoms with van der Waals surface area (Å²) in [5, 5.41) is 7.94. The number of hydrogen-bond donors (Lipinski definition) is 1. The number of halogens is 2. The maximum absolute atomic E-state index is 6.19. The lowest BCUT2D eigenvalue weighted by molar-refractivity contribution is 0.493. The lowest BCUT2D eigenvalue weighted by atomic mass is 10.1. The molecule has 5 heteroatoms. The molecule has 2 atom stereocenters. The minimum absolute atomic E-state index is 0.120. The Morgan fingerprint density at radius 1 is 1.22 bits per heavy atom. The molecule has 0 aliphatic carbocycles. The van der Waals surface area contributed by atoms with Gasteiger partial charge < -0.3 is 5.32 Å². The summed E-state index contributed by atoms with van der Waals surface area (Å²) in [4.78, 5) is 4.30. The zero-order chi connectivity index (χ0) is 13.1. The number of aromatic nitrogens is 1. The van der Waals surface area contributed by atoms with Crippen molar-refractivity contribution in [3.05, 3.63) is 50.4 Å². The van der Waals surface area contributed by atoms with Gasteiger partial charge in [-0.3, -0.25) is 0 Å². The molecule has 18 heavy (non-hydrogen) atoms. The Hall–Kier alpha value is -0.610. The number of nitrogens with zero attached hydrogens (tertiary/aromatic N) is 1. The van der Waals surface area contributed by atoms with Crippen molar-refractivity contribution in [1.29, 1.82) is 0 Å². The summed E-state index contributed by atoms with van der Waals surface area (Å²) in [6, 6.07) is 5.83. The smallest absolute Gasteiger partial charge is 0.109 e. The summed E-state index contributed by atoms with van der Waals surface area (Å²) in [6.45, 7) is 4.16. The first-order chi connectivity index (χ1) is 8.58. The zero-order valence-corrected chi connectivity index (χ0v) is 12.5. The minimum atomic E-state index is 0.120. The molecule has 0 aliphatic rings. The van der Waals surface area contributed by atoms with Crippen LogP contribution >= 0.6 is 34.5 Å². The molecule has 2 rings (SSSR count). The van der Waals surface area contributed by atoms with Gasteiger partial charge in [0.25, 0.3) is 0 Å². The van der Waals surface area contributed by atoms with E-state index >= 15 is 0 Å². The molecule has 1 heterocycles. The predicted molar refractivity (Wildman–Crippen MR) is 78.5 cm³/mol. The van der Waals surface area contributed by atoms with Crippen LogP contribution in [-0.4, -0.2) is 4.98 Å². The van der Waals surface area contributed by atoms with Crippen molar-refractivity contribution in [3.63, 3.8) is 0 Å². The summed E-state index contributed by atoms with van der Waals surface area (Å²) >= 11 is 13.8. The molecular formula is C13H14Cl2N2S. The van der Waals surface area contributed by atoms with Crippen molar-refractivity contribution in [2.45, 2.75) is 25.9 Å². The van der Waals surface area contributed by atoms with Crippen LogP contribution in [0.1, 0.15) is 36.5 Å². The highest BCUT2D eigenvalue weighted by molar-refractivity contribution is 7.09. The maximum atomic E-state index is 6.19. The monoisotopic (exact) mass is 300 g/mol.